The Morgan fingerprint density at radius 3 is 2.53 bits per heavy atom. The Hall–Kier alpha value is -2.03. The molecule has 0 spiro atoms. The summed E-state index contributed by atoms with van der Waals surface area (Å²) in [6.07, 6.45) is 1.91. The fourth-order valence-corrected chi connectivity index (χ4v) is 2.13. The second-order valence-corrected chi connectivity index (χ2v) is 4.75. The molecule has 3 heteroatoms. The van der Waals surface area contributed by atoms with E-state index < -0.39 is 0 Å². The van der Waals surface area contributed by atoms with Gasteiger partial charge in [0.1, 0.15) is 5.75 Å². The zero-order valence-corrected chi connectivity index (χ0v) is 11.9. The summed E-state index contributed by atoms with van der Waals surface area (Å²) in [6.45, 7) is 6.88. The molecule has 1 heterocycles. The van der Waals surface area contributed by atoms with Crippen molar-refractivity contribution in [3.05, 3.63) is 52.8 Å². The number of nitrogens with one attached hydrogen (secondary N) is 1. The number of anilines is 1. The van der Waals surface area contributed by atoms with Gasteiger partial charge < -0.3 is 10.1 Å². The lowest BCUT2D eigenvalue weighted by Gasteiger charge is -2.14. The summed E-state index contributed by atoms with van der Waals surface area (Å²) >= 11 is 0. The van der Waals surface area contributed by atoms with Crippen LogP contribution in [0.4, 0.5) is 5.69 Å². The molecule has 0 aliphatic carbocycles. The topological polar surface area (TPSA) is 34.1 Å². The van der Waals surface area contributed by atoms with Crippen molar-refractivity contribution in [3.63, 3.8) is 0 Å². The number of aromatic nitrogens is 1. The Bertz CT molecular complexity index is 562. The minimum absolute atomic E-state index is 0.764. The standard InChI is InChI=1S/C16H20N2O/c1-11-5-8-15(13(3)16(11)19-4)18-10-14-7-6-12(2)17-9-14/h5-9,18H,10H2,1-4H3. The molecule has 0 saturated heterocycles. The van der Waals surface area contributed by atoms with E-state index in [4.69, 9.17) is 4.74 Å². The molecule has 19 heavy (non-hydrogen) atoms. The number of pyridine rings is 1. The summed E-state index contributed by atoms with van der Waals surface area (Å²) in [7, 11) is 1.71. The van der Waals surface area contributed by atoms with Gasteiger partial charge in [0.05, 0.1) is 7.11 Å². The summed E-state index contributed by atoms with van der Waals surface area (Å²) in [5.74, 6) is 0.951. The predicted molar refractivity (Wildman–Crippen MR) is 78.8 cm³/mol. The highest BCUT2D eigenvalue weighted by Gasteiger charge is 2.07. The number of hydrogen-bond acceptors (Lipinski definition) is 3. The number of ether oxygens (including phenoxy) is 1. The first-order valence-corrected chi connectivity index (χ1v) is 6.41. The number of nitrogens with zero attached hydrogens (tertiary/aromatic N) is 1. The van der Waals surface area contributed by atoms with Gasteiger partial charge in [0.2, 0.25) is 0 Å². The fraction of sp³-hybridized carbons (Fsp3) is 0.312. The molecule has 0 aliphatic rings. The zero-order valence-electron chi connectivity index (χ0n) is 11.9. The highest BCUT2D eigenvalue weighted by molar-refractivity contribution is 5.59. The zero-order chi connectivity index (χ0) is 13.8. The van der Waals surface area contributed by atoms with Crippen molar-refractivity contribution in [3.8, 4) is 5.75 Å². The molecule has 0 amide bonds. The maximum absolute atomic E-state index is 5.43. The molecule has 0 unspecified atom stereocenters. The number of rotatable bonds is 4. The lowest BCUT2D eigenvalue weighted by atomic mass is 10.1. The van der Waals surface area contributed by atoms with Gasteiger partial charge in [-0.2, -0.15) is 0 Å². The third kappa shape index (κ3) is 3.05. The summed E-state index contributed by atoms with van der Waals surface area (Å²) in [5.41, 5.74) is 5.61. The number of methoxy groups -OCH3 is 1. The van der Waals surface area contributed by atoms with Gasteiger partial charge in [0, 0.05) is 29.7 Å². The lowest BCUT2D eigenvalue weighted by Crippen LogP contribution is -2.03. The molecule has 0 atom stereocenters. The highest BCUT2D eigenvalue weighted by Crippen LogP contribution is 2.29. The minimum Gasteiger partial charge on any atom is -0.496 e. The Morgan fingerprint density at radius 2 is 1.89 bits per heavy atom. The van der Waals surface area contributed by atoms with Crippen molar-refractivity contribution < 1.29 is 4.74 Å². The van der Waals surface area contributed by atoms with E-state index in [1.54, 1.807) is 7.11 Å². The normalized spacial score (nSPS) is 10.3. The fourth-order valence-electron chi connectivity index (χ4n) is 2.13. The molecular weight excluding hydrogens is 236 g/mol. The van der Waals surface area contributed by atoms with Crippen molar-refractivity contribution in [2.24, 2.45) is 0 Å². The molecule has 0 saturated carbocycles. The van der Waals surface area contributed by atoms with E-state index >= 15 is 0 Å². The van der Waals surface area contributed by atoms with E-state index in [1.807, 2.05) is 19.2 Å². The van der Waals surface area contributed by atoms with Crippen molar-refractivity contribution in [2.75, 3.05) is 12.4 Å². The van der Waals surface area contributed by atoms with E-state index in [1.165, 1.54) is 5.56 Å². The van der Waals surface area contributed by atoms with E-state index in [2.05, 4.69) is 42.3 Å². The van der Waals surface area contributed by atoms with Crippen molar-refractivity contribution in [1.82, 2.24) is 4.98 Å². The second kappa shape index (κ2) is 5.74. The van der Waals surface area contributed by atoms with E-state index in [0.29, 0.717) is 0 Å². The first kappa shape index (κ1) is 13.4. The van der Waals surface area contributed by atoms with Crippen LogP contribution >= 0.6 is 0 Å². The van der Waals surface area contributed by atoms with Crippen molar-refractivity contribution in [2.45, 2.75) is 27.3 Å². The Kier molecular flexibility index (Phi) is 4.05. The number of hydrogen-bond donors (Lipinski definition) is 1. The smallest absolute Gasteiger partial charge is 0.126 e. The van der Waals surface area contributed by atoms with Gasteiger partial charge in [-0.25, -0.2) is 0 Å². The van der Waals surface area contributed by atoms with Crippen LogP contribution in [0.3, 0.4) is 0 Å². The van der Waals surface area contributed by atoms with Crippen LogP contribution in [0.5, 0.6) is 5.75 Å². The van der Waals surface area contributed by atoms with Crippen LogP contribution in [-0.4, -0.2) is 12.1 Å². The largest absolute Gasteiger partial charge is 0.496 e. The molecule has 2 rings (SSSR count). The maximum Gasteiger partial charge on any atom is 0.126 e. The molecule has 0 radical (unpaired) electrons. The van der Waals surface area contributed by atoms with Crippen molar-refractivity contribution in [1.29, 1.82) is 0 Å². The van der Waals surface area contributed by atoms with Gasteiger partial charge in [-0.3, -0.25) is 4.98 Å². The van der Waals surface area contributed by atoms with Gasteiger partial charge in [-0.1, -0.05) is 12.1 Å². The maximum atomic E-state index is 5.43. The number of aryl methyl sites for hydroxylation is 2. The van der Waals surface area contributed by atoms with Gasteiger partial charge in [-0.05, 0) is 44.0 Å². The summed E-state index contributed by atoms with van der Waals surface area (Å²) < 4.78 is 5.43. The van der Waals surface area contributed by atoms with Gasteiger partial charge in [0.15, 0.2) is 0 Å². The summed E-state index contributed by atoms with van der Waals surface area (Å²) in [4.78, 5) is 4.30. The van der Waals surface area contributed by atoms with Gasteiger partial charge in [0.25, 0.3) is 0 Å². The molecule has 0 bridgehead atoms. The summed E-state index contributed by atoms with van der Waals surface area (Å²) in [5, 5.41) is 3.43. The van der Waals surface area contributed by atoms with Crippen LogP contribution < -0.4 is 10.1 Å². The number of benzene rings is 1. The van der Waals surface area contributed by atoms with Crippen LogP contribution in [-0.2, 0) is 6.54 Å². The quantitative estimate of drug-likeness (QED) is 0.907. The molecule has 0 aliphatic heterocycles. The molecular formula is C16H20N2O. The van der Waals surface area contributed by atoms with Crippen molar-refractivity contribution >= 4 is 5.69 Å². The molecule has 0 fully saturated rings. The lowest BCUT2D eigenvalue weighted by molar-refractivity contribution is 0.409. The average Bonchev–Trinajstić information content (AvgIpc) is 2.40. The SMILES string of the molecule is COc1c(C)ccc(NCc2ccc(C)nc2)c1C. The van der Waals surface area contributed by atoms with E-state index in [0.717, 1.165) is 34.8 Å². The van der Waals surface area contributed by atoms with Crippen LogP contribution in [0, 0.1) is 20.8 Å². The first-order valence-electron chi connectivity index (χ1n) is 6.41. The Balaban J connectivity index is 2.13. The molecule has 100 valence electrons. The first-order chi connectivity index (χ1) is 9.11. The van der Waals surface area contributed by atoms with Crippen LogP contribution in [0.25, 0.3) is 0 Å². The van der Waals surface area contributed by atoms with Gasteiger partial charge >= 0.3 is 0 Å². The summed E-state index contributed by atoms with van der Waals surface area (Å²) in [6, 6.07) is 8.28. The third-order valence-corrected chi connectivity index (χ3v) is 3.26. The molecule has 2 aromatic rings. The Morgan fingerprint density at radius 1 is 1.11 bits per heavy atom. The van der Waals surface area contributed by atoms with E-state index in [-0.39, 0.29) is 0 Å². The van der Waals surface area contributed by atoms with Crippen LogP contribution in [0.15, 0.2) is 30.5 Å². The molecule has 1 N–H and O–H groups in total. The third-order valence-electron chi connectivity index (χ3n) is 3.26. The monoisotopic (exact) mass is 256 g/mol. The van der Waals surface area contributed by atoms with E-state index in [9.17, 15) is 0 Å². The Labute approximate surface area is 114 Å². The minimum atomic E-state index is 0.764. The predicted octanol–water partition coefficient (Wildman–Crippen LogP) is 3.63. The average molecular weight is 256 g/mol. The van der Waals surface area contributed by atoms with Gasteiger partial charge in [-0.15, -0.1) is 0 Å². The van der Waals surface area contributed by atoms with Crippen LogP contribution in [0.2, 0.25) is 0 Å². The highest BCUT2D eigenvalue weighted by atomic mass is 16.5. The molecule has 3 nitrogen and oxygen atoms in total. The molecule has 1 aromatic heterocycles. The second-order valence-electron chi connectivity index (χ2n) is 4.75. The molecule has 1 aromatic carbocycles. The van der Waals surface area contributed by atoms with Crippen LogP contribution in [0.1, 0.15) is 22.4 Å².